The molecule has 0 aromatic heterocycles. The monoisotopic (exact) mass is 311 g/mol. The van der Waals surface area contributed by atoms with E-state index >= 15 is 0 Å². The molecule has 1 saturated heterocycles. The van der Waals surface area contributed by atoms with E-state index in [0.717, 1.165) is 48.7 Å². The summed E-state index contributed by atoms with van der Waals surface area (Å²) >= 11 is 6.15. The van der Waals surface area contributed by atoms with Crippen molar-refractivity contribution in [3.8, 4) is 5.75 Å². The zero-order valence-corrected chi connectivity index (χ0v) is 13.8. The highest BCUT2D eigenvalue weighted by molar-refractivity contribution is 6.30. The topological polar surface area (TPSA) is 30.5 Å². The average molecular weight is 312 g/mol. The lowest BCUT2D eigenvalue weighted by Crippen LogP contribution is -2.22. The molecule has 1 aliphatic heterocycles. The summed E-state index contributed by atoms with van der Waals surface area (Å²) in [4.78, 5) is 0. The van der Waals surface area contributed by atoms with Gasteiger partial charge in [0.15, 0.2) is 0 Å². The Morgan fingerprint density at radius 3 is 3.00 bits per heavy atom. The van der Waals surface area contributed by atoms with Crippen molar-refractivity contribution in [2.45, 2.75) is 51.2 Å². The number of hydrogen-bond acceptors (Lipinski definition) is 3. The number of rotatable bonds is 8. The van der Waals surface area contributed by atoms with Gasteiger partial charge in [-0.1, -0.05) is 18.5 Å². The number of ether oxygens (including phenoxy) is 2. The molecule has 2 unspecified atom stereocenters. The molecule has 0 saturated carbocycles. The van der Waals surface area contributed by atoms with E-state index in [-0.39, 0.29) is 6.04 Å². The highest BCUT2D eigenvalue weighted by atomic mass is 35.5. The quantitative estimate of drug-likeness (QED) is 0.774. The molecule has 2 atom stereocenters. The maximum atomic E-state index is 6.15. The average Bonchev–Trinajstić information content (AvgIpc) is 2.99. The molecule has 1 aromatic rings. The van der Waals surface area contributed by atoms with Crippen LogP contribution in [-0.2, 0) is 4.74 Å². The summed E-state index contributed by atoms with van der Waals surface area (Å²) in [6, 6.07) is 6.12. The van der Waals surface area contributed by atoms with Crippen molar-refractivity contribution in [2.75, 3.05) is 20.3 Å². The second-order valence-electron chi connectivity index (χ2n) is 5.56. The predicted molar refractivity (Wildman–Crippen MR) is 87.2 cm³/mol. The highest BCUT2D eigenvalue weighted by Gasteiger charge is 2.19. The summed E-state index contributed by atoms with van der Waals surface area (Å²) in [5.74, 6) is 0.905. The van der Waals surface area contributed by atoms with Gasteiger partial charge in [0.1, 0.15) is 5.75 Å². The third-order valence-corrected chi connectivity index (χ3v) is 4.30. The van der Waals surface area contributed by atoms with E-state index in [1.807, 2.05) is 18.2 Å². The predicted octanol–water partition coefficient (Wildman–Crippen LogP) is 4.35. The molecule has 0 spiro atoms. The summed E-state index contributed by atoms with van der Waals surface area (Å²) in [5, 5.41) is 4.30. The first kappa shape index (κ1) is 16.6. The van der Waals surface area contributed by atoms with Crippen molar-refractivity contribution in [1.82, 2.24) is 5.32 Å². The lowest BCUT2D eigenvalue weighted by atomic mass is 9.98. The van der Waals surface area contributed by atoms with Crippen LogP contribution >= 0.6 is 11.6 Å². The summed E-state index contributed by atoms with van der Waals surface area (Å²) in [7, 11) is 1.71. The van der Waals surface area contributed by atoms with Crippen LogP contribution in [0.4, 0.5) is 0 Å². The Bertz CT molecular complexity index is 433. The molecule has 118 valence electrons. The van der Waals surface area contributed by atoms with Crippen molar-refractivity contribution in [3.63, 3.8) is 0 Å². The molecular weight excluding hydrogens is 286 g/mol. The summed E-state index contributed by atoms with van der Waals surface area (Å²) in [5.41, 5.74) is 1.15. The second kappa shape index (κ2) is 8.62. The van der Waals surface area contributed by atoms with Gasteiger partial charge < -0.3 is 14.8 Å². The molecule has 0 bridgehead atoms. The largest absolute Gasteiger partial charge is 0.496 e. The molecule has 2 rings (SSSR count). The fourth-order valence-electron chi connectivity index (χ4n) is 3.01. The van der Waals surface area contributed by atoms with E-state index in [2.05, 4.69) is 12.2 Å². The van der Waals surface area contributed by atoms with Gasteiger partial charge in [-0.15, -0.1) is 0 Å². The molecule has 0 aliphatic carbocycles. The van der Waals surface area contributed by atoms with Crippen molar-refractivity contribution in [1.29, 1.82) is 0 Å². The third kappa shape index (κ3) is 4.87. The van der Waals surface area contributed by atoms with E-state index < -0.39 is 0 Å². The normalized spacial score (nSPS) is 19.7. The van der Waals surface area contributed by atoms with Crippen molar-refractivity contribution in [2.24, 2.45) is 0 Å². The van der Waals surface area contributed by atoms with Crippen LogP contribution in [0.15, 0.2) is 18.2 Å². The van der Waals surface area contributed by atoms with Gasteiger partial charge in [-0.2, -0.15) is 0 Å². The molecule has 1 fully saturated rings. The van der Waals surface area contributed by atoms with E-state index in [4.69, 9.17) is 21.1 Å². The lowest BCUT2D eigenvalue weighted by molar-refractivity contribution is 0.101. The molecule has 0 radical (unpaired) electrons. The number of benzene rings is 1. The fourth-order valence-corrected chi connectivity index (χ4v) is 3.19. The van der Waals surface area contributed by atoms with E-state index in [1.165, 1.54) is 12.8 Å². The van der Waals surface area contributed by atoms with E-state index in [9.17, 15) is 0 Å². The first-order valence-corrected chi connectivity index (χ1v) is 8.30. The Labute approximate surface area is 133 Å². The van der Waals surface area contributed by atoms with Gasteiger partial charge in [-0.05, 0) is 56.8 Å². The van der Waals surface area contributed by atoms with Gasteiger partial charge in [-0.25, -0.2) is 0 Å². The molecule has 3 nitrogen and oxygen atoms in total. The third-order valence-electron chi connectivity index (χ3n) is 4.06. The van der Waals surface area contributed by atoms with Gasteiger partial charge in [0.2, 0.25) is 0 Å². The molecule has 1 aromatic carbocycles. The minimum absolute atomic E-state index is 0.282. The minimum Gasteiger partial charge on any atom is -0.496 e. The smallest absolute Gasteiger partial charge is 0.123 e. The first-order chi connectivity index (χ1) is 10.2. The number of halogens is 1. The second-order valence-corrected chi connectivity index (χ2v) is 6.00. The van der Waals surface area contributed by atoms with Crippen LogP contribution in [0.5, 0.6) is 5.75 Å². The summed E-state index contributed by atoms with van der Waals surface area (Å²) in [6.07, 6.45) is 6.26. The van der Waals surface area contributed by atoms with Crippen LogP contribution in [0, 0.1) is 0 Å². The number of methoxy groups -OCH3 is 1. The lowest BCUT2D eigenvalue weighted by Gasteiger charge is -2.21. The fraction of sp³-hybridized carbons (Fsp3) is 0.647. The van der Waals surface area contributed by atoms with Crippen LogP contribution in [0.2, 0.25) is 5.02 Å². The number of hydrogen-bond donors (Lipinski definition) is 1. The zero-order valence-electron chi connectivity index (χ0n) is 13.0. The standard InChI is InChI=1S/C17H26ClNO2/c1-3-19-16(8-4-6-14-7-5-11-21-14)15-12-13(18)9-10-17(15)20-2/h9-10,12,14,16,19H,3-8,11H2,1-2H3. The maximum Gasteiger partial charge on any atom is 0.123 e. The Morgan fingerprint density at radius 1 is 1.48 bits per heavy atom. The van der Waals surface area contributed by atoms with Crippen LogP contribution in [-0.4, -0.2) is 26.4 Å². The summed E-state index contributed by atoms with van der Waals surface area (Å²) in [6.45, 7) is 3.99. The molecule has 1 N–H and O–H groups in total. The van der Waals surface area contributed by atoms with Gasteiger partial charge in [-0.3, -0.25) is 0 Å². The van der Waals surface area contributed by atoms with Gasteiger partial charge in [0.25, 0.3) is 0 Å². The van der Waals surface area contributed by atoms with E-state index in [0.29, 0.717) is 6.10 Å². The van der Waals surface area contributed by atoms with Crippen LogP contribution in [0.25, 0.3) is 0 Å². The molecule has 21 heavy (non-hydrogen) atoms. The Balaban J connectivity index is 1.98. The molecule has 4 heteroatoms. The molecular formula is C17H26ClNO2. The van der Waals surface area contributed by atoms with Gasteiger partial charge in [0.05, 0.1) is 13.2 Å². The Morgan fingerprint density at radius 2 is 2.33 bits per heavy atom. The van der Waals surface area contributed by atoms with Crippen molar-refractivity contribution < 1.29 is 9.47 Å². The first-order valence-electron chi connectivity index (χ1n) is 7.93. The SMILES string of the molecule is CCNC(CCCC1CCCO1)c1cc(Cl)ccc1OC. The van der Waals surface area contributed by atoms with Crippen molar-refractivity contribution >= 4 is 11.6 Å². The summed E-state index contributed by atoms with van der Waals surface area (Å²) < 4.78 is 11.2. The molecule has 1 aliphatic rings. The minimum atomic E-state index is 0.282. The van der Waals surface area contributed by atoms with Crippen LogP contribution in [0.3, 0.4) is 0 Å². The van der Waals surface area contributed by atoms with E-state index in [1.54, 1.807) is 7.11 Å². The maximum absolute atomic E-state index is 6.15. The Hall–Kier alpha value is -0.770. The highest BCUT2D eigenvalue weighted by Crippen LogP contribution is 2.31. The Kier molecular flexibility index (Phi) is 6.81. The van der Waals surface area contributed by atoms with Crippen LogP contribution < -0.4 is 10.1 Å². The van der Waals surface area contributed by atoms with Gasteiger partial charge in [0, 0.05) is 23.2 Å². The van der Waals surface area contributed by atoms with Crippen molar-refractivity contribution in [3.05, 3.63) is 28.8 Å². The van der Waals surface area contributed by atoms with Crippen LogP contribution in [0.1, 0.15) is 50.6 Å². The molecule has 0 amide bonds. The zero-order chi connectivity index (χ0) is 15.1. The number of nitrogens with one attached hydrogen (secondary N) is 1. The molecule has 1 heterocycles. The van der Waals surface area contributed by atoms with Gasteiger partial charge >= 0.3 is 0 Å².